The first-order valence-corrected chi connectivity index (χ1v) is 7.15. The molecule has 1 rings (SSSR count). The zero-order valence-corrected chi connectivity index (χ0v) is 12.6. The monoisotopic (exact) mass is 258 g/mol. The van der Waals surface area contributed by atoms with E-state index in [0.717, 1.165) is 19.6 Å². The van der Waals surface area contributed by atoms with Crippen molar-refractivity contribution >= 4 is 0 Å². The van der Waals surface area contributed by atoms with Crippen LogP contribution in [0.5, 0.6) is 0 Å². The number of methoxy groups -OCH3 is 2. The predicted octanol–water partition coefficient (Wildman–Crippen LogP) is 1.50. The Labute approximate surface area is 112 Å². The smallest absolute Gasteiger partial charge is 0.0971 e. The van der Waals surface area contributed by atoms with Crippen molar-refractivity contribution < 1.29 is 9.47 Å². The van der Waals surface area contributed by atoms with Crippen LogP contribution in [-0.2, 0) is 9.47 Å². The van der Waals surface area contributed by atoms with Crippen LogP contribution in [0, 0.1) is 0 Å². The summed E-state index contributed by atoms with van der Waals surface area (Å²) in [7, 11) is 3.55. The van der Waals surface area contributed by atoms with Gasteiger partial charge < -0.3 is 14.8 Å². The lowest BCUT2D eigenvalue weighted by Gasteiger charge is -2.27. The van der Waals surface area contributed by atoms with E-state index in [-0.39, 0.29) is 12.2 Å². The van der Waals surface area contributed by atoms with Crippen molar-refractivity contribution in [1.82, 2.24) is 10.2 Å². The fraction of sp³-hybridized carbons (Fsp3) is 1.00. The second-order valence-electron chi connectivity index (χ2n) is 5.44. The first-order chi connectivity index (χ1) is 8.62. The van der Waals surface area contributed by atoms with Gasteiger partial charge in [0.1, 0.15) is 0 Å². The Balaban J connectivity index is 2.36. The van der Waals surface area contributed by atoms with Gasteiger partial charge in [-0.1, -0.05) is 6.92 Å². The van der Waals surface area contributed by atoms with Crippen LogP contribution >= 0.6 is 0 Å². The Bertz CT molecular complexity index is 214. The minimum Gasteiger partial charge on any atom is -0.377 e. The second kappa shape index (κ2) is 8.10. The molecule has 1 saturated heterocycles. The summed E-state index contributed by atoms with van der Waals surface area (Å²) < 4.78 is 11.0. The van der Waals surface area contributed by atoms with E-state index in [1.165, 1.54) is 12.8 Å². The van der Waals surface area contributed by atoms with Gasteiger partial charge in [0.05, 0.1) is 12.2 Å². The molecule has 4 unspecified atom stereocenters. The average Bonchev–Trinajstić information content (AvgIpc) is 2.79. The molecule has 4 heteroatoms. The Hall–Kier alpha value is -0.160. The van der Waals surface area contributed by atoms with Gasteiger partial charge in [-0.15, -0.1) is 0 Å². The summed E-state index contributed by atoms with van der Waals surface area (Å²) in [4.78, 5) is 2.48. The molecule has 108 valence electrons. The number of hydrogen-bond donors (Lipinski definition) is 1. The maximum atomic E-state index is 5.48. The molecule has 1 N–H and O–H groups in total. The van der Waals surface area contributed by atoms with Crippen molar-refractivity contribution in [3.8, 4) is 0 Å². The van der Waals surface area contributed by atoms with Gasteiger partial charge in [-0.2, -0.15) is 0 Å². The van der Waals surface area contributed by atoms with E-state index in [9.17, 15) is 0 Å². The molecule has 0 saturated carbocycles. The SMILES string of the molecule is CCCNC(C)CC(C)N1CC(OC)C(OC)C1. The molecule has 0 spiro atoms. The number of nitrogens with one attached hydrogen (secondary N) is 1. The highest BCUT2D eigenvalue weighted by Gasteiger charge is 2.35. The van der Waals surface area contributed by atoms with Crippen LogP contribution in [-0.4, -0.2) is 63.0 Å². The van der Waals surface area contributed by atoms with Gasteiger partial charge >= 0.3 is 0 Å². The molecular formula is C14H30N2O2. The van der Waals surface area contributed by atoms with Crippen molar-refractivity contribution in [3.05, 3.63) is 0 Å². The molecule has 0 aromatic carbocycles. The number of rotatable bonds is 8. The van der Waals surface area contributed by atoms with E-state index in [1.807, 2.05) is 0 Å². The molecule has 1 aliphatic rings. The van der Waals surface area contributed by atoms with Crippen molar-refractivity contribution in [2.75, 3.05) is 33.9 Å². The maximum Gasteiger partial charge on any atom is 0.0971 e. The molecule has 1 heterocycles. The molecule has 1 fully saturated rings. The molecule has 0 radical (unpaired) electrons. The number of hydrogen-bond acceptors (Lipinski definition) is 4. The molecule has 1 aliphatic heterocycles. The minimum atomic E-state index is 0.219. The van der Waals surface area contributed by atoms with E-state index >= 15 is 0 Å². The molecule has 0 bridgehead atoms. The summed E-state index contributed by atoms with van der Waals surface area (Å²) in [6.07, 6.45) is 2.81. The van der Waals surface area contributed by atoms with Gasteiger partial charge in [-0.3, -0.25) is 4.90 Å². The van der Waals surface area contributed by atoms with Crippen LogP contribution in [0.1, 0.15) is 33.6 Å². The molecule has 0 amide bonds. The summed E-state index contributed by atoms with van der Waals surface area (Å²) >= 11 is 0. The van der Waals surface area contributed by atoms with Gasteiger partial charge in [-0.05, 0) is 33.2 Å². The normalized spacial score (nSPS) is 28.5. The van der Waals surface area contributed by atoms with Crippen molar-refractivity contribution in [2.45, 2.75) is 57.9 Å². The number of likely N-dealkylation sites (tertiary alicyclic amines) is 1. The lowest BCUT2D eigenvalue weighted by Crippen LogP contribution is -2.38. The van der Waals surface area contributed by atoms with Crippen molar-refractivity contribution in [2.24, 2.45) is 0 Å². The fourth-order valence-electron chi connectivity index (χ4n) is 2.72. The molecule has 4 nitrogen and oxygen atoms in total. The van der Waals surface area contributed by atoms with Crippen molar-refractivity contribution in [3.63, 3.8) is 0 Å². The Kier molecular flexibility index (Phi) is 7.15. The highest BCUT2D eigenvalue weighted by atomic mass is 16.5. The molecule has 0 aromatic heterocycles. The largest absolute Gasteiger partial charge is 0.377 e. The van der Waals surface area contributed by atoms with E-state index in [0.29, 0.717) is 12.1 Å². The quantitative estimate of drug-likeness (QED) is 0.715. The lowest BCUT2D eigenvalue weighted by molar-refractivity contribution is -0.00461. The first-order valence-electron chi connectivity index (χ1n) is 7.15. The van der Waals surface area contributed by atoms with E-state index < -0.39 is 0 Å². The van der Waals surface area contributed by atoms with E-state index in [1.54, 1.807) is 14.2 Å². The van der Waals surface area contributed by atoms with Crippen LogP contribution in [0.25, 0.3) is 0 Å². The zero-order valence-electron chi connectivity index (χ0n) is 12.6. The molecule has 18 heavy (non-hydrogen) atoms. The molecule has 4 atom stereocenters. The van der Waals surface area contributed by atoms with Gasteiger partial charge in [0, 0.05) is 39.4 Å². The standard InChI is InChI=1S/C14H30N2O2/c1-6-7-15-11(2)8-12(3)16-9-13(17-4)14(10-16)18-5/h11-15H,6-10H2,1-5H3. The van der Waals surface area contributed by atoms with Crippen LogP contribution in [0.4, 0.5) is 0 Å². The van der Waals surface area contributed by atoms with E-state index in [2.05, 4.69) is 31.0 Å². The van der Waals surface area contributed by atoms with Gasteiger partial charge in [-0.25, -0.2) is 0 Å². The topological polar surface area (TPSA) is 33.7 Å². The highest BCUT2D eigenvalue weighted by molar-refractivity contribution is 4.89. The number of nitrogens with zero attached hydrogens (tertiary/aromatic N) is 1. The molecule has 0 aliphatic carbocycles. The predicted molar refractivity (Wildman–Crippen MR) is 75.0 cm³/mol. The number of ether oxygens (including phenoxy) is 2. The Morgan fingerprint density at radius 2 is 1.72 bits per heavy atom. The van der Waals surface area contributed by atoms with Crippen molar-refractivity contribution in [1.29, 1.82) is 0 Å². The Morgan fingerprint density at radius 3 is 2.17 bits per heavy atom. The summed E-state index contributed by atoms with van der Waals surface area (Å²) in [6.45, 7) is 9.84. The summed E-state index contributed by atoms with van der Waals surface area (Å²) in [5.74, 6) is 0. The second-order valence-corrected chi connectivity index (χ2v) is 5.44. The van der Waals surface area contributed by atoms with Crippen LogP contribution < -0.4 is 5.32 Å². The van der Waals surface area contributed by atoms with Crippen LogP contribution in [0.15, 0.2) is 0 Å². The first kappa shape index (κ1) is 15.9. The third-order valence-electron chi connectivity index (χ3n) is 3.91. The third kappa shape index (κ3) is 4.50. The van der Waals surface area contributed by atoms with Gasteiger partial charge in [0.2, 0.25) is 0 Å². The fourth-order valence-corrected chi connectivity index (χ4v) is 2.72. The minimum absolute atomic E-state index is 0.219. The van der Waals surface area contributed by atoms with E-state index in [4.69, 9.17) is 9.47 Å². The summed E-state index contributed by atoms with van der Waals surface area (Å²) in [6, 6.07) is 1.14. The van der Waals surface area contributed by atoms with Gasteiger partial charge in [0.25, 0.3) is 0 Å². The highest BCUT2D eigenvalue weighted by Crippen LogP contribution is 2.20. The summed E-state index contributed by atoms with van der Waals surface area (Å²) in [5.41, 5.74) is 0. The van der Waals surface area contributed by atoms with Gasteiger partial charge in [0.15, 0.2) is 0 Å². The maximum absolute atomic E-state index is 5.48. The zero-order chi connectivity index (χ0) is 13.5. The molecular weight excluding hydrogens is 228 g/mol. The Morgan fingerprint density at radius 1 is 1.17 bits per heavy atom. The lowest BCUT2D eigenvalue weighted by atomic mass is 10.1. The summed E-state index contributed by atoms with van der Waals surface area (Å²) in [5, 5.41) is 3.55. The average molecular weight is 258 g/mol. The third-order valence-corrected chi connectivity index (χ3v) is 3.91. The molecule has 0 aromatic rings. The van der Waals surface area contributed by atoms with Crippen LogP contribution in [0.3, 0.4) is 0 Å². The van der Waals surface area contributed by atoms with Crippen LogP contribution in [0.2, 0.25) is 0 Å².